The monoisotopic (exact) mass is 408 g/mol. The molecule has 7 nitrogen and oxygen atoms in total. The van der Waals surface area contributed by atoms with Gasteiger partial charge < -0.3 is 15.0 Å². The second kappa shape index (κ2) is 9.41. The van der Waals surface area contributed by atoms with Crippen LogP contribution in [0.3, 0.4) is 0 Å². The minimum Gasteiger partial charge on any atom is -0.383 e. The normalized spacial score (nSPS) is 15.1. The Kier molecular flexibility index (Phi) is 6.95. The predicted molar refractivity (Wildman–Crippen MR) is 107 cm³/mol. The van der Waals surface area contributed by atoms with Crippen LogP contribution in [0.5, 0.6) is 0 Å². The Hall–Kier alpha value is -1.81. The van der Waals surface area contributed by atoms with Gasteiger partial charge in [0.2, 0.25) is 5.91 Å². The summed E-state index contributed by atoms with van der Waals surface area (Å²) in [5, 5.41) is 7.77. The van der Waals surface area contributed by atoms with Gasteiger partial charge in [-0.1, -0.05) is 0 Å². The highest BCUT2D eigenvalue weighted by Gasteiger charge is 2.26. The van der Waals surface area contributed by atoms with Crippen molar-refractivity contribution in [2.24, 2.45) is 0 Å². The molecule has 0 atom stereocenters. The number of nitrogens with one attached hydrogen (secondary N) is 1. The number of thiophene rings is 1. The summed E-state index contributed by atoms with van der Waals surface area (Å²) in [4.78, 5) is 34.0. The van der Waals surface area contributed by atoms with E-state index < -0.39 is 0 Å². The van der Waals surface area contributed by atoms with Gasteiger partial charge in [0, 0.05) is 50.8 Å². The van der Waals surface area contributed by atoms with E-state index in [0.29, 0.717) is 50.8 Å². The van der Waals surface area contributed by atoms with Crippen LogP contribution in [0.2, 0.25) is 0 Å². The molecule has 0 saturated carbocycles. The van der Waals surface area contributed by atoms with E-state index in [-0.39, 0.29) is 11.8 Å². The highest BCUT2D eigenvalue weighted by Crippen LogP contribution is 2.30. The molecule has 1 aliphatic heterocycles. The summed E-state index contributed by atoms with van der Waals surface area (Å²) < 4.78 is 4.92. The van der Waals surface area contributed by atoms with E-state index in [4.69, 9.17) is 4.74 Å². The molecular formula is C18H24N4O3S2. The number of nitrogens with zero attached hydrogens (tertiary/aromatic N) is 3. The molecule has 2 aromatic heterocycles. The zero-order chi connectivity index (χ0) is 19.2. The Labute approximate surface area is 167 Å². The molecule has 0 bridgehead atoms. The quantitative estimate of drug-likeness (QED) is 0.706. The maximum Gasteiger partial charge on any atom is 0.265 e. The fourth-order valence-corrected chi connectivity index (χ4v) is 4.65. The molecule has 0 aromatic carbocycles. The number of thiazole rings is 1. The highest BCUT2D eigenvalue weighted by molar-refractivity contribution is 7.17. The second-order valence-corrected chi connectivity index (χ2v) is 8.14. The summed E-state index contributed by atoms with van der Waals surface area (Å²) in [6.45, 7) is 5.90. The molecule has 0 unspecified atom stereocenters. The molecule has 9 heteroatoms. The molecule has 1 saturated heterocycles. The summed E-state index contributed by atoms with van der Waals surface area (Å²) in [5.74, 6) is 0.0289. The van der Waals surface area contributed by atoms with Crippen molar-refractivity contribution in [3.8, 4) is 10.6 Å². The Morgan fingerprint density at radius 1 is 1.30 bits per heavy atom. The van der Waals surface area contributed by atoms with E-state index in [9.17, 15) is 9.59 Å². The number of amides is 2. The van der Waals surface area contributed by atoms with Crippen molar-refractivity contribution in [3.63, 3.8) is 0 Å². The number of aromatic nitrogens is 1. The Bertz CT molecular complexity index is 768. The molecule has 0 radical (unpaired) electrons. The Morgan fingerprint density at radius 2 is 2.07 bits per heavy atom. The lowest BCUT2D eigenvalue weighted by molar-refractivity contribution is -0.122. The molecule has 3 heterocycles. The van der Waals surface area contributed by atoms with Crippen LogP contribution in [0.4, 0.5) is 0 Å². The average Bonchev–Trinajstić information content (AvgIpc) is 3.31. The van der Waals surface area contributed by atoms with E-state index in [2.05, 4.69) is 15.2 Å². The van der Waals surface area contributed by atoms with E-state index in [1.165, 1.54) is 11.3 Å². The molecule has 1 aliphatic rings. The molecule has 2 amide bonds. The van der Waals surface area contributed by atoms with Gasteiger partial charge in [0.05, 0.1) is 18.8 Å². The molecule has 1 fully saturated rings. The number of rotatable bonds is 7. The zero-order valence-electron chi connectivity index (χ0n) is 15.6. The summed E-state index contributed by atoms with van der Waals surface area (Å²) in [5.41, 5.74) is 1.85. The number of hydrogen-bond acceptors (Lipinski definition) is 7. The van der Waals surface area contributed by atoms with E-state index in [1.54, 1.807) is 18.4 Å². The zero-order valence-corrected chi connectivity index (χ0v) is 17.2. The third-order valence-corrected chi connectivity index (χ3v) is 6.29. The van der Waals surface area contributed by atoms with Gasteiger partial charge in [-0.05, 0) is 18.4 Å². The summed E-state index contributed by atoms with van der Waals surface area (Å²) in [6, 6.07) is 2.02. The largest absolute Gasteiger partial charge is 0.383 e. The Balaban J connectivity index is 1.52. The predicted octanol–water partition coefficient (Wildman–Crippen LogP) is 1.70. The van der Waals surface area contributed by atoms with Crippen molar-refractivity contribution >= 4 is 34.5 Å². The minimum atomic E-state index is -0.00877. The van der Waals surface area contributed by atoms with Crippen molar-refractivity contribution < 1.29 is 14.3 Å². The lowest BCUT2D eigenvalue weighted by Gasteiger charge is -2.34. The highest BCUT2D eigenvalue weighted by atomic mass is 32.1. The van der Waals surface area contributed by atoms with Gasteiger partial charge in [-0.3, -0.25) is 14.5 Å². The van der Waals surface area contributed by atoms with E-state index in [1.807, 2.05) is 28.7 Å². The molecule has 27 heavy (non-hydrogen) atoms. The van der Waals surface area contributed by atoms with Gasteiger partial charge in [0.1, 0.15) is 9.88 Å². The average molecular weight is 409 g/mol. The van der Waals surface area contributed by atoms with Crippen LogP contribution in [-0.2, 0) is 9.53 Å². The van der Waals surface area contributed by atoms with E-state index >= 15 is 0 Å². The number of aryl methyl sites for hydroxylation is 1. The number of carbonyl (C=O) groups excluding carboxylic acids is 2. The maximum atomic E-state index is 12.9. The van der Waals surface area contributed by atoms with Crippen molar-refractivity contribution in [1.82, 2.24) is 20.1 Å². The van der Waals surface area contributed by atoms with Crippen molar-refractivity contribution in [3.05, 3.63) is 27.4 Å². The van der Waals surface area contributed by atoms with Gasteiger partial charge >= 0.3 is 0 Å². The number of ether oxygens (including phenoxy) is 1. The first-order valence-electron chi connectivity index (χ1n) is 8.85. The molecule has 0 spiro atoms. The number of methoxy groups -OCH3 is 1. The topological polar surface area (TPSA) is 74.8 Å². The van der Waals surface area contributed by atoms with Crippen LogP contribution < -0.4 is 5.32 Å². The third-order valence-electron chi connectivity index (χ3n) is 4.41. The van der Waals surface area contributed by atoms with Crippen LogP contribution in [0.25, 0.3) is 10.6 Å². The first-order valence-corrected chi connectivity index (χ1v) is 10.6. The van der Waals surface area contributed by atoms with Crippen LogP contribution in [0.15, 0.2) is 16.8 Å². The fourth-order valence-electron chi connectivity index (χ4n) is 2.91. The smallest absolute Gasteiger partial charge is 0.265 e. The first kappa shape index (κ1) is 19.9. The molecule has 3 rings (SSSR count). The third kappa shape index (κ3) is 5.13. The maximum absolute atomic E-state index is 12.9. The van der Waals surface area contributed by atoms with Gasteiger partial charge in [-0.15, -0.1) is 11.3 Å². The van der Waals surface area contributed by atoms with Crippen LogP contribution >= 0.6 is 22.7 Å². The second-order valence-electron chi connectivity index (χ2n) is 6.36. The summed E-state index contributed by atoms with van der Waals surface area (Å²) in [6.07, 6.45) is 0. The summed E-state index contributed by atoms with van der Waals surface area (Å²) in [7, 11) is 1.61. The molecule has 146 valence electrons. The fraction of sp³-hybridized carbons (Fsp3) is 0.500. The van der Waals surface area contributed by atoms with Gasteiger partial charge in [0.25, 0.3) is 5.91 Å². The van der Waals surface area contributed by atoms with Crippen LogP contribution in [0.1, 0.15) is 15.4 Å². The Morgan fingerprint density at radius 3 is 2.74 bits per heavy atom. The minimum absolute atomic E-state index is 0.00877. The lowest BCUT2D eigenvalue weighted by Crippen LogP contribution is -2.51. The SMILES string of the molecule is COCCNC(=O)CN1CCN(C(=O)c2sc(-c3ccsc3)nc2C)CC1. The number of carbonyl (C=O) groups is 2. The number of hydrogen-bond donors (Lipinski definition) is 1. The summed E-state index contributed by atoms with van der Waals surface area (Å²) >= 11 is 3.08. The van der Waals surface area contributed by atoms with E-state index in [0.717, 1.165) is 16.3 Å². The van der Waals surface area contributed by atoms with Crippen molar-refractivity contribution in [2.75, 3.05) is 53.0 Å². The van der Waals surface area contributed by atoms with Crippen molar-refractivity contribution in [2.45, 2.75) is 6.92 Å². The molecule has 0 aliphatic carbocycles. The molecule has 2 aromatic rings. The molecular weight excluding hydrogens is 384 g/mol. The lowest BCUT2D eigenvalue weighted by atomic mass is 10.2. The van der Waals surface area contributed by atoms with Gasteiger partial charge in [-0.25, -0.2) is 4.98 Å². The first-order chi connectivity index (χ1) is 13.1. The van der Waals surface area contributed by atoms with Gasteiger partial charge in [0.15, 0.2) is 0 Å². The molecule has 1 N–H and O–H groups in total. The van der Waals surface area contributed by atoms with Crippen LogP contribution in [-0.4, -0.2) is 79.6 Å². The van der Waals surface area contributed by atoms with Crippen LogP contribution in [0, 0.1) is 6.92 Å². The van der Waals surface area contributed by atoms with Gasteiger partial charge in [-0.2, -0.15) is 11.3 Å². The van der Waals surface area contributed by atoms with Crippen molar-refractivity contribution in [1.29, 1.82) is 0 Å². The number of piperazine rings is 1. The standard InChI is InChI=1S/C18H24N4O3S2/c1-13-16(27-17(20-13)14-3-10-26-12-14)18(24)22-7-5-21(6-8-22)11-15(23)19-4-9-25-2/h3,10,12H,4-9,11H2,1-2H3,(H,19,23).